The van der Waals surface area contributed by atoms with Gasteiger partial charge in [-0.1, -0.05) is 18.2 Å². The van der Waals surface area contributed by atoms with E-state index in [1.807, 2.05) is 42.1 Å². The number of benzene rings is 1. The minimum atomic E-state index is -1.05. The summed E-state index contributed by atoms with van der Waals surface area (Å²) < 4.78 is 15.1. The summed E-state index contributed by atoms with van der Waals surface area (Å²) >= 11 is 0. The van der Waals surface area contributed by atoms with Gasteiger partial charge in [0, 0.05) is 45.7 Å². The molecule has 2 aliphatic rings. The van der Waals surface area contributed by atoms with Crippen LogP contribution in [0.3, 0.4) is 0 Å². The van der Waals surface area contributed by atoms with Gasteiger partial charge in [0.15, 0.2) is 11.3 Å². The summed E-state index contributed by atoms with van der Waals surface area (Å²) in [6, 6.07) is 13.8. The van der Waals surface area contributed by atoms with E-state index in [0.717, 1.165) is 49.2 Å². The lowest BCUT2D eigenvalue weighted by molar-refractivity contribution is 0.0689. The zero-order chi connectivity index (χ0) is 29.4. The third kappa shape index (κ3) is 5.63. The number of fused-ring (bicyclic) bond motifs is 1. The maximum absolute atomic E-state index is 13.4. The van der Waals surface area contributed by atoms with Crippen LogP contribution in [-0.4, -0.2) is 81.2 Å². The quantitative estimate of drug-likeness (QED) is 0.335. The van der Waals surface area contributed by atoms with Crippen LogP contribution in [0, 0.1) is 18.7 Å². The van der Waals surface area contributed by atoms with Gasteiger partial charge in [-0.2, -0.15) is 0 Å². The fraction of sp³-hybridized carbons (Fsp3) is 0.387. The van der Waals surface area contributed by atoms with Gasteiger partial charge in [0.1, 0.15) is 11.6 Å². The summed E-state index contributed by atoms with van der Waals surface area (Å²) in [7, 11) is 1.90. The van der Waals surface area contributed by atoms with Crippen LogP contribution in [0.2, 0.25) is 0 Å². The van der Waals surface area contributed by atoms with Gasteiger partial charge in [-0.25, -0.2) is 23.7 Å². The molecule has 2 aliphatic heterocycles. The molecule has 3 aromatic heterocycles. The molecule has 0 spiro atoms. The Bertz CT molecular complexity index is 1620. The van der Waals surface area contributed by atoms with Gasteiger partial charge in [0.2, 0.25) is 5.82 Å². The van der Waals surface area contributed by atoms with E-state index < -0.39 is 5.97 Å². The van der Waals surface area contributed by atoms with E-state index in [1.165, 1.54) is 18.2 Å². The highest BCUT2D eigenvalue weighted by Crippen LogP contribution is 2.32. The fourth-order valence-corrected chi connectivity index (χ4v) is 6.04. The molecule has 4 aromatic rings. The zero-order valence-electron chi connectivity index (χ0n) is 23.8. The van der Waals surface area contributed by atoms with Crippen molar-refractivity contribution in [2.75, 3.05) is 49.6 Å². The van der Waals surface area contributed by atoms with E-state index in [9.17, 15) is 19.1 Å². The molecule has 0 saturated carbocycles. The Morgan fingerprint density at radius 1 is 1.07 bits per heavy atom. The summed E-state index contributed by atoms with van der Waals surface area (Å²) in [6.07, 6.45) is 4.67. The van der Waals surface area contributed by atoms with Gasteiger partial charge in [-0.3, -0.25) is 4.79 Å². The van der Waals surface area contributed by atoms with Crippen LogP contribution < -0.4 is 9.80 Å². The standard InChI is InChI=1S/C31H34FN7O3/c1-20-16-25(37-15-12-23(18-37)22-6-8-24(32)9-7-22)19-39-29(20)34-28(35-39)30(40)38-14-11-21(17-38)10-13-36(2)27-5-3-4-26(33-27)31(41)42/h3-9,16,19,21,23H,10-15,17-18H2,1-2H3,(H,41,42). The number of carbonyl (C=O) groups excluding carboxylic acids is 1. The first-order valence-corrected chi connectivity index (χ1v) is 14.3. The molecule has 0 radical (unpaired) electrons. The van der Waals surface area contributed by atoms with Gasteiger partial charge in [0.25, 0.3) is 5.91 Å². The molecule has 6 rings (SSSR count). The predicted octanol–water partition coefficient (Wildman–Crippen LogP) is 4.25. The lowest BCUT2D eigenvalue weighted by atomic mass is 9.99. The third-order valence-electron chi connectivity index (χ3n) is 8.48. The molecule has 2 unspecified atom stereocenters. The van der Waals surface area contributed by atoms with Crippen LogP contribution in [-0.2, 0) is 0 Å². The van der Waals surface area contributed by atoms with Crippen LogP contribution >= 0.6 is 0 Å². The van der Waals surface area contributed by atoms with Crippen LogP contribution in [0.25, 0.3) is 5.65 Å². The van der Waals surface area contributed by atoms with Crippen molar-refractivity contribution in [3.63, 3.8) is 0 Å². The number of nitrogens with zero attached hydrogens (tertiary/aromatic N) is 7. The van der Waals surface area contributed by atoms with E-state index in [2.05, 4.69) is 26.0 Å². The third-order valence-corrected chi connectivity index (χ3v) is 8.48. The lowest BCUT2D eigenvalue weighted by Crippen LogP contribution is -2.30. The van der Waals surface area contributed by atoms with Crippen molar-refractivity contribution in [2.45, 2.75) is 32.1 Å². The smallest absolute Gasteiger partial charge is 0.354 e. The molecular formula is C31H34FN7O3. The average Bonchev–Trinajstić information content (AvgIpc) is 3.76. The monoisotopic (exact) mass is 571 g/mol. The first-order valence-electron chi connectivity index (χ1n) is 14.3. The Labute approximate surface area is 243 Å². The van der Waals surface area contributed by atoms with E-state index in [-0.39, 0.29) is 23.2 Å². The van der Waals surface area contributed by atoms with Crippen LogP contribution in [0.5, 0.6) is 0 Å². The summed E-state index contributed by atoms with van der Waals surface area (Å²) in [4.78, 5) is 39.5. The summed E-state index contributed by atoms with van der Waals surface area (Å²) in [5.41, 5.74) is 3.82. The summed E-state index contributed by atoms with van der Waals surface area (Å²) in [5.74, 6) is 0.0500. The molecular weight excluding hydrogens is 537 g/mol. The van der Waals surface area contributed by atoms with Crippen molar-refractivity contribution in [1.82, 2.24) is 24.5 Å². The van der Waals surface area contributed by atoms with Crippen LogP contribution in [0.4, 0.5) is 15.9 Å². The van der Waals surface area contributed by atoms with Gasteiger partial charge >= 0.3 is 5.97 Å². The maximum atomic E-state index is 13.4. The van der Waals surface area contributed by atoms with Crippen molar-refractivity contribution in [3.05, 3.63) is 83.2 Å². The van der Waals surface area contributed by atoms with Crippen molar-refractivity contribution in [3.8, 4) is 0 Å². The molecule has 42 heavy (non-hydrogen) atoms. The summed E-state index contributed by atoms with van der Waals surface area (Å²) in [5, 5.41) is 13.8. The fourth-order valence-electron chi connectivity index (χ4n) is 6.04. The molecule has 11 heteroatoms. The number of hydrogen-bond acceptors (Lipinski definition) is 7. The second kappa shape index (κ2) is 11.4. The molecule has 218 valence electrons. The molecule has 0 bridgehead atoms. The van der Waals surface area contributed by atoms with Gasteiger partial charge < -0.3 is 19.8 Å². The number of carboxylic acids is 1. The van der Waals surface area contributed by atoms with Crippen molar-refractivity contribution in [1.29, 1.82) is 0 Å². The number of likely N-dealkylation sites (tertiary alicyclic amines) is 1. The minimum absolute atomic E-state index is 0.0222. The predicted molar refractivity (Wildman–Crippen MR) is 157 cm³/mol. The number of halogens is 1. The minimum Gasteiger partial charge on any atom is -0.477 e. The number of aromatic carboxylic acids is 1. The van der Waals surface area contributed by atoms with Crippen molar-refractivity contribution >= 4 is 29.0 Å². The molecule has 2 atom stereocenters. The number of anilines is 2. The second-order valence-electron chi connectivity index (χ2n) is 11.4. The van der Waals surface area contributed by atoms with Crippen LogP contribution in [0.1, 0.15) is 57.4 Å². The Morgan fingerprint density at radius 3 is 2.67 bits per heavy atom. The molecule has 0 aliphatic carbocycles. The average molecular weight is 572 g/mol. The molecule has 2 fully saturated rings. The number of amides is 1. The lowest BCUT2D eigenvalue weighted by Gasteiger charge is -2.20. The van der Waals surface area contributed by atoms with E-state index in [0.29, 0.717) is 42.9 Å². The SMILES string of the molecule is Cc1cc(N2CCC(c3ccc(F)cc3)C2)cn2nc(C(=O)N3CCC(CCN(C)c4cccc(C(=O)O)n4)C3)nc12. The van der Waals surface area contributed by atoms with E-state index in [1.54, 1.807) is 16.6 Å². The normalized spacial score (nSPS) is 18.6. The van der Waals surface area contributed by atoms with Crippen molar-refractivity contribution < 1.29 is 19.1 Å². The molecule has 1 N–H and O–H groups in total. The van der Waals surface area contributed by atoms with E-state index in [4.69, 9.17) is 0 Å². The van der Waals surface area contributed by atoms with Crippen molar-refractivity contribution in [2.24, 2.45) is 5.92 Å². The number of pyridine rings is 2. The Kier molecular flexibility index (Phi) is 7.49. The molecule has 10 nitrogen and oxygen atoms in total. The Balaban J connectivity index is 1.08. The highest BCUT2D eigenvalue weighted by Gasteiger charge is 2.30. The largest absolute Gasteiger partial charge is 0.477 e. The highest BCUT2D eigenvalue weighted by molar-refractivity contribution is 5.91. The Hall–Kier alpha value is -4.54. The first-order chi connectivity index (χ1) is 20.2. The molecule has 2 saturated heterocycles. The number of carboxylic acid groups (broad SMARTS) is 1. The maximum Gasteiger partial charge on any atom is 0.354 e. The number of hydrogen-bond donors (Lipinski definition) is 1. The highest BCUT2D eigenvalue weighted by atomic mass is 19.1. The number of aromatic nitrogens is 4. The zero-order valence-corrected chi connectivity index (χ0v) is 23.8. The number of carbonyl (C=O) groups is 2. The number of rotatable bonds is 8. The molecule has 1 aromatic carbocycles. The van der Waals surface area contributed by atoms with Crippen LogP contribution in [0.15, 0.2) is 54.7 Å². The van der Waals surface area contributed by atoms with E-state index >= 15 is 0 Å². The first kappa shape index (κ1) is 27.6. The van der Waals surface area contributed by atoms with Gasteiger partial charge in [-0.05, 0) is 73.6 Å². The van der Waals surface area contributed by atoms with Gasteiger partial charge in [0.05, 0.1) is 11.9 Å². The topological polar surface area (TPSA) is 107 Å². The molecule has 5 heterocycles. The number of aryl methyl sites for hydroxylation is 1. The van der Waals surface area contributed by atoms with Gasteiger partial charge in [-0.15, -0.1) is 5.10 Å². The molecule has 1 amide bonds. The second-order valence-corrected chi connectivity index (χ2v) is 11.4. The Morgan fingerprint density at radius 2 is 1.88 bits per heavy atom. The summed E-state index contributed by atoms with van der Waals surface area (Å²) in [6.45, 7) is 5.70.